The molecule has 0 aliphatic carbocycles. The average molecular weight is 456 g/mol. The van der Waals surface area contributed by atoms with Crippen LogP contribution in [0, 0.1) is 3.57 Å². The molecule has 0 aliphatic heterocycles. The summed E-state index contributed by atoms with van der Waals surface area (Å²) in [7, 11) is 1.57. The third-order valence-electron chi connectivity index (χ3n) is 3.25. The molecule has 2 rings (SSSR count). The number of hydrogen-bond donors (Lipinski definition) is 1. The minimum Gasteiger partial charge on any atom is -0.496 e. The van der Waals surface area contributed by atoms with E-state index < -0.39 is 11.9 Å². The second-order valence-electron chi connectivity index (χ2n) is 4.81. The number of carbonyl (C=O) groups excluding carboxylic acids is 2. The van der Waals surface area contributed by atoms with E-state index in [9.17, 15) is 9.59 Å². The van der Waals surface area contributed by atoms with E-state index in [4.69, 9.17) is 4.74 Å². The Labute approximate surface area is 159 Å². The number of rotatable bonds is 5. The van der Waals surface area contributed by atoms with E-state index >= 15 is 0 Å². The van der Waals surface area contributed by atoms with E-state index in [1.165, 1.54) is 16.3 Å². The van der Waals surface area contributed by atoms with Gasteiger partial charge in [-0.1, -0.05) is 30.3 Å². The first-order valence-electron chi connectivity index (χ1n) is 7.09. The van der Waals surface area contributed by atoms with Gasteiger partial charge in [0.25, 0.3) is 5.91 Å². The standard InChI is InChI=1S/C17H17IN2O3S/c1-23-15-9-8-13(10-14(15)18)16(21)19-17(22)20(24-2)11-12-6-4-3-5-7-12/h3-10H,11H2,1-2H3,(H,19,21,22). The predicted molar refractivity (Wildman–Crippen MR) is 104 cm³/mol. The molecule has 0 aromatic heterocycles. The van der Waals surface area contributed by atoms with Crippen molar-refractivity contribution in [1.29, 1.82) is 0 Å². The molecule has 0 atom stereocenters. The van der Waals surface area contributed by atoms with Crippen LogP contribution in [0.5, 0.6) is 5.75 Å². The summed E-state index contributed by atoms with van der Waals surface area (Å²) < 4.78 is 7.47. The second-order valence-corrected chi connectivity index (χ2v) is 6.78. The number of nitrogens with one attached hydrogen (secondary N) is 1. The fourth-order valence-corrected chi connectivity index (χ4v) is 3.23. The van der Waals surface area contributed by atoms with Crippen LogP contribution in [0.25, 0.3) is 0 Å². The molecule has 7 heteroatoms. The second kappa shape index (κ2) is 8.93. The highest BCUT2D eigenvalue weighted by Crippen LogP contribution is 2.21. The number of halogens is 1. The lowest BCUT2D eigenvalue weighted by Gasteiger charge is -2.19. The summed E-state index contributed by atoms with van der Waals surface area (Å²) in [6.07, 6.45) is 1.79. The summed E-state index contributed by atoms with van der Waals surface area (Å²) in [6, 6.07) is 14.2. The molecule has 0 spiro atoms. The van der Waals surface area contributed by atoms with Crippen molar-refractivity contribution < 1.29 is 14.3 Å². The molecule has 1 N–H and O–H groups in total. The summed E-state index contributed by atoms with van der Waals surface area (Å²) in [5.41, 5.74) is 1.41. The molecule has 24 heavy (non-hydrogen) atoms. The molecule has 3 amide bonds. The van der Waals surface area contributed by atoms with Gasteiger partial charge in [0.15, 0.2) is 0 Å². The average Bonchev–Trinajstić information content (AvgIpc) is 2.60. The van der Waals surface area contributed by atoms with Crippen LogP contribution in [0.2, 0.25) is 0 Å². The third-order valence-corrected chi connectivity index (χ3v) is 4.83. The highest BCUT2D eigenvalue weighted by molar-refractivity contribution is 14.1. The summed E-state index contributed by atoms with van der Waals surface area (Å²) in [6.45, 7) is 0.418. The third kappa shape index (κ3) is 4.88. The van der Waals surface area contributed by atoms with Crippen molar-refractivity contribution in [3.63, 3.8) is 0 Å². The van der Waals surface area contributed by atoms with Gasteiger partial charge in [-0.2, -0.15) is 0 Å². The van der Waals surface area contributed by atoms with Crippen molar-refractivity contribution in [3.05, 3.63) is 63.2 Å². The molecule has 0 fully saturated rings. The van der Waals surface area contributed by atoms with Gasteiger partial charge in [-0.3, -0.25) is 14.4 Å². The summed E-state index contributed by atoms with van der Waals surface area (Å²) in [5.74, 6) is 0.251. The Morgan fingerprint density at radius 3 is 2.50 bits per heavy atom. The van der Waals surface area contributed by atoms with Crippen LogP contribution in [0.1, 0.15) is 15.9 Å². The fraction of sp³-hybridized carbons (Fsp3) is 0.176. The van der Waals surface area contributed by atoms with Gasteiger partial charge >= 0.3 is 6.03 Å². The first kappa shape index (κ1) is 18.6. The maximum absolute atomic E-state index is 12.3. The topological polar surface area (TPSA) is 58.6 Å². The molecule has 0 saturated carbocycles. The SMILES string of the molecule is COc1ccc(C(=O)NC(=O)N(Cc2ccccc2)SC)cc1I. The Hall–Kier alpha value is -1.74. The number of urea groups is 1. The van der Waals surface area contributed by atoms with Crippen molar-refractivity contribution in [2.45, 2.75) is 6.54 Å². The first-order valence-corrected chi connectivity index (χ1v) is 9.35. The molecule has 0 aliphatic rings. The molecule has 0 heterocycles. The Balaban J connectivity index is 2.04. The largest absolute Gasteiger partial charge is 0.496 e. The van der Waals surface area contributed by atoms with Gasteiger partial charge in [-0.05, 0) is 58.3 Å². The van der Waals surface area contributed by atoms with Gasteiger partial charge in [-0.25, -0.2) is 4.79 Å². The van der Waals surface area contributed by atoms with Crippen LogP contribution >= 0.6 is 34.5 Å². The lowest BCUT2D eigenvalue weighted by molar-refractivity contribution is 0.0959. The number of imide groups is 1. The molecular weight excluding hydrogens is 439 g/mol. The van der Waals surface area contributed by atoms with Crippen molar-refractivity contribution in [2.75, 3.05) is 13.4 Å². The molecule has 2 aromatic rings. The number of amides is 3. The summed E-state index contributed by atoms with van der Waals surface area (Å²) in [4.78, 5) is 24.6. The lowest BCUT2D eigenvalue weighted by Crippen LogP contribution is -2.39. The van der Waals surface area contributed by atoms with Crippen molar-refractivity contribution in [2.24, 2.45) is 0 Å². The summed E-state index contributed by atoms with van der Waals surface area (Å²) in [5, 5.41) is 2.42. The molecule has 0 radical (unpaired) electrons. The number of hydrogen-bond acceptors (Lipinski definition) is 4. The number of benzene rings is 2. The van der Waals surface area contributed by atoms with E-state index in [0.717, 1.165) is 9.13 Å². The van der Waals surface area contributed by atoms with Crippen LogP contribution in [-0.4, -0.2) is 29.6 Å². The fourth-order valence-electron chi connectivity index (χ4n) is 2.01. The van der Waals surface area contributed by atoms with Gasteiger partial charge in [0.05, 0.1) is 17.2 Å². The maximum atomic E-state index is 12.3. The highest BCUT2D eigenvalue weighted by atomic mass is 127. The quantitative estimate of drug-likeness (QED) is 0.548. The number of methoxy groups -OCH3 is 1. The minimum absolute atomic E-state index is 0.411. The van der Waals surface area contributed by atoms with E-state index in [1.807, 2.05) is 30.3 Å². The zero-order chi connectivity index (χ0) is 17.5. The monoisotopic (exact) mass is 456 g/mol. The van der Waals surface area contributed by atoms with Gasteiger partial charge in [0.2, 0.25) is 0 Å². The van der Waals surface area contributed by atoms with Crippen molar-refractivity contribution in [3.8, 4) is 5.75 Å². The number of nitrogens with zero attached hydrogens (tertiary/aromatic N) is 1. The Bertz CT molecular complexity index is 725. The normalized spacial score (nSPS) is 10.1. The van der Waals surface area contributed by atoms with Crippen LogP contribution in [0.3, 0.4) is 0 Å². The molecule has 2 aromatic carbocycles. The van der Waals surface area contributed by atoms with E-state index in [2.05, 4.69) is 27.9 Å². The Kier molecular flexibility index (Phi) is 6.92. The smallest absolute Gasteiger partial charge is 0.334 e. The minimum atomic E-state index is -0.442. The summed E-state index contributed by atoms with van der Waals surface area (Å²) >= 11 is 3.35. The zero-order valence-corrected chi connectivity index (χ0v) is 16.3. The molecule has 0 bridgehead atoms. The highest BCUT2D eigenvalue weighted by Gasteiger charge is 2.18. The Morgan fingerprint density at radius 2 is 1.92 bits per heavy atom. The van der Waals surface area contributed by atoms with Gasteiger partial charge < -0.3 is 4.74 Å². The maximum Gasteiger partial charge on any atom is 0.334 e. The molecular formula is C17H17IN2O3S. The number of carbonyl (C=O) groups is 2. The van der Waals surface area contributed by atoms with E-state index in [1.54, 1.807) is 31.6 Å². The van der Waals surface area contributed by atoms with Crippen LogP contribution in [-0.2, 0) is 6.54 Å². The molecule has 0 unspecified atom stereocenters. The van der Waals surface area contributed by atoms with Crippen LogP contribution in [0.15, 0.2) is 48.5 Å². The predicted octanol–water partition coefficient (Wildman–Crippen LogP) is 3.93. The molecule has 5 nitrogen and oxygen atoms in total. The van der Waals surface area contributed by atoms with E-state index in [0.29, 0.717) is 17.9 Å². The lowest BCUT2D eigenvalue weighted by atomic mass is 10.2. The van der Waals surface area contributed by atoms with Gasteiger partial charge in [0.1, 0.15) is 5.75 Å². The van der Waals surface area contributed by atoms with Crippen molar-refractivity contribution in [1.82, 2.24) is 9.62 Å². The first-order chi connectivity index (χ1) is 11.5. The molecule has 0 saturated heterocycles. The van der Waals surface area contributed by atoms with Gasteiger partial charge in [0, 0.05) is 11.8 Å². The molecule has 126 valence electrons. The van der Waals surface area contributed by atoms with Gasteiger partial charge in [-0.15, -0.1) is 0 Å². The van der Waals surface area contributed by atoms with Crippen LogP contribution in [0.4, 0.5) is 4.79 Å². The Morgan fingerprint density at radius 1 is 1.21 bits per heavy atom. The number of ether oxygens (including phenoxy) is 1. The van der Waals surface area contributed by atoms with Crippen molar-refractivity contribution >= 4 is 46.5 Å². The zero-order valence-electron chi connectivity index (χ0n) is 13.3. The van der Waals surface area contributed by atoms with Crippen LogP contribution < -0.4 is 10.1 Å². The van der Waals surface area contributed by atoms with E-state index in [-0.39, 0.29) is 0 Å².